The molecule has 0 bridgehead atoms. The summed E-state index contributed by atoms with van der Waals surface area (Å²) in [7, 11) is 0. The summed E-state index contributed by atoms with van der Waals surface area (Å²) in [6, 6.07) is -0.144. The van der Waals surface area contributed by atoms with Crippen molar-refractivity contribution in [2.75, 3.05) is 6.61 Å². The fourth-order valence-corrected chi connectivity index (χ4v) is 2.44. The summed E-state index contributed by atoms with van der Waals surface area (Å²) >= 11 is 0. The zero-order valence-corrected chi connectivity index (χ0v) is 10.3. The lowest BCUT2D eigenvalue weighted by atomic mass is 9.85. The predicted molar refractivity (Wildman–Crippen MR) is 65.5 cm³/mol. The van der Waals surface area contributed by atoms with Gasteiger partial charge in [-0.15, -0.1) is 0 Å². The van der Waals surface area contributed by atoms with E-state index < -0.39 is 10.8 Å². The average Bonchev–Trinajstić information content (AvgIpc) is 2.88. The van der Waals surface area contributed by atoms with Crippen molar-refractivity contribution in [1.82, 2.24) is 15.5 Å². The minimum atomic E-state index is -0.650. The fraction of sp³-hybridized carbons (Fsp3) is 0.636. The molecule has 1 aromatic rings. The second kappa shape index (κ2) is 5.79. The van der Waals surface area contributed by atoms with Gasteiger partial charge in [-0.3, -0.25) is 20.0 Å². The Bertz CT molecular complexity index is 473. The minimum Gasteiger partial charge on any atom is -0.396 e. The molecule has 19 heavy (non-hydrogen) atoms. The first-order valence-corrected chi connectivity index (χ1v) is 6.23. The number of hydrogen-bond acceptors (Lipinski definition) is 5. The Morgan fingerprint density at radius 3 is 3.00 bits per heavy atom. The Hall–Kier alpha value is -1.96. The molecule has 1 aliphatic rings. The van der Waals surface area contributed by atoms with Gasteiger partial charge in [-0.2, -0.15) is 5.10 Å². The molecule has 2 atom stereocenters. The summed E-state index contributed by atoms with van der Waals surface area (Å²) < 4.78 is 0. The number of carbonyl (C=O) groups is 1. The molecule has 0 aliphatic heterocycles. The highest BCUT2D eigenvalue weighted by atomic mass is 16.6. The standard InChI is InChI=1S/C11H16N4O4/c16-6-7-3-1-2-4-8(7)13-11(17)10-9(15(18)19)5-12-14-10/h5,7-8,16H,1-4,6H2,(H,12,14)(H,13,17)/t7-,8+/m0/s1. The van der Waals surface area contributed by atoms with Crippen LogP contribution >= 0.6 is 0 Å². The molecule has 1 amide bonds. The predicted octanol–water partition coefficient (Wildman–Crippen LogP) is 0.599. The van der Waals surface area contributed by atoms with E-state index in [1.165, 1.54) is 0 Å². The van der Waals surface area contributed by atoms with Crippen LogP contribution in [0.25, 0.3) is 0 Å². The van der Waals surface area contributed by atoms with Crippen molar-refractivity contribution >= 4 is 11.6 Å². The van der Waals surface area contributed by atoms with Gasteiger partial charge in [0.25, 0.3) is 5.91 Å². The van der Waals surface area contributed by atoms with E-state index in [2.05, 4.69) is 15.5 Å². The molecule has 0 saturated heterocycles. The quantitative estimate of drug-likeness (QED) is 0.545. The van der Waals surface area contributed by atoms with Gasteiger partial charge in [0.15, 0.2) is 0 Å². The van der Waals surface area contributed by atoms with Gasteiger partial charge < -0.3 is 10.4 Å². The molecular weight excluding hydrogens is 252 g/mol. The summed E-state index contributed by atoms with van der Waals surface area (Å²) in [5.74, 6) is -0.533. The SMILES string of the molecule is O=C(N[C@@H]1CCCC[C@H]1CO)c1[nH]ncc1[N+](=O)[O-]. The molecule has 2 rings (SSSR count). The monoisotopic (exact) mass is 268 g/mol. The van der Waals surface area contributed by atoms with Gasteiger partial charge in [0.2, 0.25) is 5.69 Å². The maximum Gasteiger partial charge on any atom is 0.319 e. The third-order valence-corrected chi connectivity index (χ3v) is 3.50. The average molecular weight is 268 g/mol. The summed E-state index contributed by atoms with van der Waals surface area (Å²) in [5, 5.41) is 28.6. The van der Waals surface area contributed by atoms with Crippen LogP contribution in [-0.4, -0.2) is 38.8 Å². The molecule has 0 aromatic carbocycles. The number of aromatic amines is 1. The van der Waals surface area contributed by atoms with Crippen molar-refractivity contribution in [2.24, 2.45) is 5.92 Å². The molecule has 1 heterocycles. The first-order chi connectivity index (χ1) is 9.13. The van der Waals surface area contributed by atoms with E-state index in [-0.39, 0.29) is 29.9 Å². The van der Waals surface area contributed by atoms with Crippen molar-refractivity contribution in [2.45, 2.75) is 31.7 Å². The molecule has 8 heteroatoms. The van der Waals surface area contributed by atoms with Crippen LogP contribution in [0.5, 0.6) is 0 Å². The number of hydrogen-bond donors (Lipinski definition) is 3. The van der Waals surface area contributed by atoms with Crippen molar-refractivity contribution in [1.29, 1.82) is 0 Å². The van der Waals surface area contributed by atoms with Crippen LogP contribution in [0, 0.1) is 16.0 Å². The van der Waals surface area contributed by atoms with Crippen LogP contribution in [0.2, 0.25) is 0 Å². The topological polar surface area (TPSA) is 121 Å². The van der Waals surface area contributed by atoms with Crippen LogP contribution in [0.4, 0.5) is 5.69 Å². The normalized spacial score (nSPS) is 23.0. The smallest absolute Gasteiger partial charge is 0.319 e. The number of nitrogens with zero attached hydrogens (tertiary/aromatic N) is 2. The van der Waals surface area contributed by atoms with E-state index in [1.54, 1.807) is 0 Å². The largest absolute Gasteiger partial charge is 0.396 e. The van der Waals surface area contributed by atoms with Crippen LogP contribution in [0.1, 0.15) is 36.2 Å². The van der Waals surface area contributed by atoms with E-state index in [9.17, 15) is 20.0 Å². The maximum atomic E-state index is 12.0. The molecular formula is C11H16N4O4. The number of nitro groups is 1. The Morgan fingerprint density at radius 1 is 1.58 bits per heavy atom. The van der Waals surface area contributed by atoms with Gasteiger partial charge in [-0.1, -0.05) is 12.8 Å². The van der Waals surface area contributed by atoms with Crippen LogP contribution in [0.15, 0.2) is 6.20 Å². The minimum absolute atomic E-state index is 0.00994. The van der Waals surface area contributed by atoms with Gasteiger partial charge in [0.1, 0.15) is 6.20 Å². The molecule has 104 valence electrons. The van der Waals surface area contributed by atoms with Crippen LogP contribution in [-0.2, 0) is 0 Å². The van der Waals surface area contributed by atoms with Gasteiger partial charge in [0, 0.05) is 18.6 Å². The Labute approximate surface area is 109 Å². The number of nitrogens with one attached hydrogen (secondary N) is 2. The van der Waals surface area contributed by atoms with Gasteiger partial charge in [-0.05, 0) is 12.8 Å². The highest BCUT2D eigenvalue weighted by molar-refractivity contribution is 5.96. The molecule has 1 saturated carbocycles. The Balaban J connectivity index is 2.07. The van der Waals surface area contributed by atoms with Crippen molar-refractivity contribution in [3.8, 4) is 0 Å². The molecule has 1 fully saturated rings. The number of aliphatic hydroxyl groups is 1. The zero-order chi connectivity index (χ0) is 13.8. The first-order valence-electron chi connectivity index (χ1n) is 6.23. The molecule has 1 aliphatic carbocycles. The maximum absolute atomic E-state index is 12.0. The third-order valence-electron chi connectivity index (χ3n) is 3.50. The second-order valence-electron chi connectivity index (χ2n) is 4.69. The van der Waals surface area contributed by atoms with E-state index in [1.807, 2.05) is 0 Å². The summed E-state index contributed by atoms with van der Waals surface area (Å²) in [6.45, 7) is 0.00994. The molecule has 1 aromatic heterocycles. The molecule has 0 spiro atoms. The number of rotatable bonds is 4. The summed E-state index contributed by atoms with van der Waals surface area (Å²) in [5.41, 5.74) is -0.485. The highest BCUT2D eigenvalue weighted by Gasteiger charge is 2.29. The Morgan fingerprint density at radius 2 is 2.32 bits per heavy atom. The van der Waals surface area contributed by atoms with Crippen molar-refractivity contribution in [3.05, 3.63) is 22.0 Å². The molecule has 0 unspecified atom stereocenters. The number of carbonyl (C=O) groups excluding carboxylic acids is 1. The Kier molecular flexibility index (Phi) is 4.10. The number of aromatic nitrogens is 2. The molecule has 8 nitrogen and oxygen atoms in total. The first kappa shape index (κ1) is 13.5. The van der Waals surface area contributed by atoms with Crippen LogP contribution < -0.4 is 5.32 Å². The van der Waals surface area contributed by atoms with Crippen molar-refractivity contribution < 1.29 is 14.8 Å². The van der Waals surface area contributed by atoms with E-state index >= 15 is 0 Å². The lowest BCUT2D eigenvalue weighted by Gasteiger charge is -2.30. The number of aliphatic hydroxyl groups excluding tert-OH is 1. The fourth-order valence-electron chi connectivity index (χ4n) is 2.44. The highest BCUT2D eigenvalue weighted by Crippen LogP contribution is 2.24. The van der Waals surface area contributed by atoms with Gasteiger partial charge in [-0.25, -0.2) is 0 Å². The third kappa shape index (κ3) is 2.90. The zero-order valence-electron chi connectivity index (χ0n) is 10.3. The van der Waals surface area contributed by atoms with E-state index in [0.29, 0.717) is 0 Å². The number of amides is 1. The van der Waals surface area contributed by atoms with Gasteiger partial charge >= 0.3 is 5.69 Å². The van der Waals surface area contributed by atoms with E-state index in [4.69, 9.17) is 0 Å². The summed E-state index contributed by atoms with van der Waals surface area (Å²) in [6.07, 6.45) is 4.65. The summed E-state index contributed by atoms with van der Waals surface area (Å²) in [4.78, 5) is 22.1. The molecule has 0 radical (unpaired) electrons. The van der Waals surface area contributed by atoms with Crippen molar-refractivity contribution in [3.63, 3.8) is 0 Å². The van der Waals surface area contributed by atoms with Gasteiger partial charge in [0.05, 0.1) is 4.92 Å². The number of H-pyrrole nitrogens is 1. The lowest BCUT2D eigenvalue weighted by Crippen LogP contribution is -2.43. The second-order valence-corrected chi connectivity index (χ2v) is 4.69. The van der Waals surface area contributed by atoms with E-state index in [0.717, 1.165) is 31.9 Å². The van der Waals surface area contributed by atoms with Crippen LogP contribution in [0.3, 0.4) is 0 Å². The molecule has 3 N–H and O–H groups in total. The lowest BCUT2D eigenvalue weighted by molar-refractivity contribution is -0.385.